The van der Waals surface area contributed by atoms with Crippen LogP contribution in [0.15, 0.2) is 59.2 Å². The fourth-order valence-electron chi connectivity index (χ4n) is 3.54. The molecular formula is C23H29N3O3. The average Bonchev–Trinajstić information content (AvgIpc) is 3.26. The molecular weight excluding hydrogens is 366 g/mol. The standard InChI is InChI=1S/C23H29N3O3/c27-22(12-11-21-10-6-16-29-21)24-14-13-23(28)25-17-20-9-4-5-15-26(20)18-19-7-2-1-3-8-19/h1-3,6-8,10-12,16,20H,4-5,9,13-15,17-18H2,(H,24,27)(H,25,28)/b12-11+. The zero-order valence-corrected chi connectivity index (χ0v) is 16.7. The van der Waals surface area contributed by atoms with E-state index in [0.717, 1.165) is 19.5 Å². The fraction of sp³-hybridized carbons (Fsp3) is 0.391. The molecule has 0 spiro atoms. The zero-order valence-electron chi connectivity index (χ0n) is 16.7. The molecule has 1 fully saturated rings. The number of likely N-dealkylation sites (tertiary alicyclic amines) is 1. The van der Waals surface area contributed by atoms with Crippen LogP contribution in [0, 0.1) is 0 Å². The molecule has 2 heterocycles. The Hall–Kier alpha value is -2.86. The molecule has 6 heteroatoms. The van der Waals surface area contributed by atoms with E-state index in [-0.39, 0.29) is 18.2 Å². The lowest BCUT2D eigenvalue weighted by Gasteiger charge is -2.36. The van der Waals surface area contributed by atoms with Crippen LogP contribution < -0.4 is 10.6 Å². The first-order valence-corrected chi connectivity index (χ1v) is 10.2. The van der Waals surface area contributed by atoms with E-state index in [1.54, 1.807) is 24.5 Å². The first-order valence-electron chi connectivity index (χ1n) is 10.2. The van der Waals surface area contributed by atoms with Gasteiger partial charge in [0, 0.05) is 38.2 Å². The third-order valence-corrected chi connectivity index (χ3v) is 5.11. The molecule has 1 aromatic heterocycles. The summed E-state index contributed by atoms with van der Waals surface area (Å²) in [6.45, 7) is 2.94. The van der Waals surface area contributed by atoms with Crippen LogP contribution in [0.1, 0.15) is 37.0 Å². The maximum absolute atomic E-state index is 12.2. The molecule has 0 aliphatic carbocycles. The molecule has 0 bridgehead atoms. The highest BCUT2D eigenvalue weighted by atomic mass is 16.3. The summed E-state index contributed by atoms with van der Waals surface area (Å²) in [5, 5.41) is 5.75. The Morgan fingerprint density at radius 1 is 1.10 bits per heavy atom. The summed E-state index contributed by atoms with van der Waals surface area (Å²) in [5.74, 6) is 0.339. The summed E-state index contributed by atoms with van der Waals surface area (Å²) in [5.41, 5.74) is 1.30. The number of carbonyl (C=O) groups is 2. The van der Waals surface area contributed by atoms with E-state index in [1.807, 2.05) is 6.07 Å². The van der Waals surface area contributed by atoms with Crippen LogP contribution in [0.3, 0.4) is 0 Å². The highest BCUT2D eigenvalue weighted by molar-refractivity contribution is 5.91. The topological polar surface area (TPSA) is 74.6 Å². The van der Waals surface area contributed by atoms with E-state index in [1.165, 1.54) is 24.5 Å². The summed E-state index contributed by atoms with van der Waals surface area (Å²) in [6, 6.07) is 14.3. The van der Waals surface area contributed by atoms with Gasteiger partial charge < -0.3 is 15.1 Å². The van der Waals surface area contributed by atoms with Gasteiger partial charge in [0.2, 0.25) is 11.8 Å². The highest BCUT2D eigenvalue weighted by Crippen LogP contribution is 2.19. The third-order valence-electron chi connectivity index (χ3n) is 5.11. The lowest BCUT2D eigenvalue weighted by Crippen LogP contribution is -2.46. The molecule has 0 radical (unpaired) electrons. The number of piperidine rings is 1. The van der Waals surface area contributed by atoms with Gasteiger partial charge in [0.1, 0.15) is 5.76 Å². The Kier molecular flexibility index (Phi) is 8.07. The van der Waals surface area contributed by atoms with Crippen molar-refractivity contribution in [3.05, 3.63) is 66.1 Å². The van der Waals surface area contributed by atoms with E-state index in [2.05, 4.69) is 39.8 Å². The number of rotatable bonds is 9. The van der Waals surface area contributed by atoms with Crippen molar-refractivity contribution in [2.75, 3.05) is 19.6 Å². The number of nitrogens with one attached hydrogen (secondary N) is 2. The van der Waals surface area contributed by atoms with Crippen molar-refractivity contribution in [3.8, 4) is 0 Å². The zero-order chi connectivity index (χ0) is 20.3. The number of furan rings is 1. The summed E-state index contributed by atoms with van der Waals surface area (Å²) in [4.78, 5) is 26.4. The van der Waals surface area contributed by atoms with Gasteiger partial charge >= 0.3 is 0 Å². The lowest BCUT2D eigenvalue weighted by atomic mass is 10.0. The molecule has 1 unspecified atom stereocenters. The monoisotopic (exact) mass is 395 g/mol. The number of hydrogen-bond donors (Lipinski definition) is 2. The predicted molar refractivity (Wildman–Crippen MR) is 113 cm³/mol. The summed E-state index contributed by atoms with van der Waals surface area (Å²) in [6.07, 6.45) is 8.32. The fourth-order valence-corrected chi connectivity index (χ4v) is 3.54. The largest absolute Gasteiger partial charge is 0.465 e. The second kappa shape index (κ2) is 11.2. The van der Waals surface area contributed by atoms with E-state index >= 15 is 0 Å². The molecule has 0 saturated carbocycles. The van der Waals surface area contributed by atoms with E-state index in [4.69, 9.17) is 4.42 Å². The highest BCUT2D eigenvalue weighted by Gasteiger charge is 2.22. The van der Waals surface area contributed by atoms with Crippen molar-refractivity contribution < 1.29 is 14.0 Å². The van der Waals surface area contributed by atoms with Crippen molar-refractivity contribution in [1.82, 2.24) is 15.5 Å². The van der Waals surface area contributed by atoms with Gasteiger partial charge in [-0.2, -0.15) is 0 Å². The van der Waals surface area contributed by atoms with Gasteiger partial charge in [-0.25, -0.2) is 0 Å². The van der Waals surface area contributed by atoms with Gasteiger partial charge in [-0.15, -0.1) is 0 Å². The van der Waals surface area contributed by atoms with Gasteiger partial charge in [0.25, 0.3) is 0 Å². The molecule has 2 aromatic rings. The third kappa shape index (κ3) is 7.23. The SMILES string of the molecule is O=C(/C=C/c1ccco1)NCCC(=O)NCC1CCCCN1Cc1ccccc1. The van der Waals surface area contributed by atoms with Gasteiger partial charge in [-0.1, -0.05) is 36.8 Å². The second-order valence-corrected chi connectivity index (χ2v) is 7.30. The number of hydrogen-bond acceptors (Lipinski definition) is 4. The Bertz CT molecular complexity index is 787. The van der Waals surface area contributed by atoms with Crippen molar-refractivity contribution in [2.24, 2.45) is 0 Å². The van der Waals surface area contributed by atoms with Crippen molar-refractivity contribution in [3.63, 3.8) is 0 Å². The normalized spacial score (nSPS) is 17.3. The van der Waals surface area contributed by atoms with E-state index < -0.39 is 0 Å². The van der Waals surface area contributed by atoms with Crippen LogP contribution in [0.2, 0.25) is 0 Å². The molecule has 6 nitrogen and oxygen atoms in total. The first kappa shape index (κ1) is 20.9. The van der Waals surface area contributed by atoms with Gasteiger partial charge in [-0.05, 0) is 43.2 Å². The molecule has 1 atom stereocenters. The van der Waals surface area contributed by atoms with Gasteiger partial charge in [0.05, 0.1) is 6.26 Å². The van der Waals surface area contributed by atoms with Crippen LogP contribution in [0.25, 0.3) is 6.08 Å². The van der Waals surface area contributed by atoms with Crippen molar-refractivity contribution in [1.29, 1.82) is 0 Å². The molecule has 3 rings (SSSR count). The van der Waals surface area contributed by atoms with Crippen LogP contribution in [0.5, 0.6) is 0 Å². The Morgan fingerprint density at radius 2 is 1.97 bits per heavy atom. The lowest BCUT2D eigenvalue weighted by molar-refractivity contribution is -0.121. The summed E-state index contributed by atoms with van der Waals surface area (Å²) >= 11 is 0. The van der Waals surface area contributed by atoms with E-state index in [9.17, 15) is 9.59 Å². The molecule has 29 heavy (non-hydrogen) atoms. The van der Waals surface area contributed by atoms with Crippen LogP contribution >= 0.6 is 0 Å². The van der Waals surface area contributed by atoms with Crippen molar-refractivity contribution in [2.45, 2.75) is 38.3 Å². The number of benzene rings is 1. The molecule has 2 N–H and O–H groups in total. The van der Waals surface area contributed by atoms with E-state index in [0.29, 0.717) is 24.9 Å². The van der Waals surface area contributed by atoms with Gasteiger partial charge in [-0.3, -0.25) is 14.5 Å². The quantitative estimate of drug-likeness (QED) is 0.640. The number of amides is 2. The Labute approximate surface area is 172 Å². The maximum Gasteiger partial charge on any atom is 0.244 e. The Balaban J connectivity index is 1.35. The minimum absolute atomic E-state index is 0.0365. The number of nitrogens with zero attached hydrogens (tertiary/aromatic N) is 1. The molecule has 2 amide bonds. The van der Waals surface area contributed by atoms with Crippen LogP contribution in [-0.2, 0) is 16.1 Å². The minimum atomic E-state index is -0.240. The maximum atomic E-state index is 12.2. The smallest absolute Gasteiger partial charge is 0.244 e. The first-order chi connectivity index (χ1) is 14.2. The molecule has 1 saturated heterocycles. The van der Waals surface area contributed by atoms with Crippen molar-refractivity contribution >= 4 is 17.9 Å². The Morgan fingerprint density at radius 3 is 2.76 bits per heavy atom. The molecule has 1 aliphatic rings. The molecule has 1 aromatic carbocycles. The predicted octanol–water partition coefficient (Wildman–Crippen LogP) is 2.97. The van der Waals surface area contributed by atoms with Crippen LogP contribution in [0.4, 0.5) is 0 Å². The van der Waals surface area contributed by atoms with Crippen LogP contribution in [-0.4, -0.2) is 42.4 Å². The second-order valence-electron chi connectivity index (χ2n) is 7.30. The molecule has 154 valence electrons. The summed E-state index contributed by atoms with van der Waals surface area (Å²) in [7, 11) is 0. The number of carbonyl (C=O) groups excluding carboxylic acids is 2. The summed E-state index contributed by atoms with van der Waals surface area (Å²) < 4.78 is 5.13. The average molecular weight is 396 g/mol. The molecule has 1 aliphatic heterocycles. The minimum Gasteiger partial charge on any atom is -0.465 e. The van der Waals surface area contributed by atoms with Gasteiger partial charge in [0.15, 0.2) is 0 Å².